The van der Waals surface area contributed by atoms with Crippen molar-refractivity contribution in [2.45, 2.75) is 46.6 Å². The topological polar surface area (TPSA) is 74.6 Å². The van der Waals surface area contributed by atoms with Gasteiger partial charge in [-0.1, -0.05) is 25.5 Å². The van der Waals surface area contributed by atoms with Crippen LogP contribution in [-0.4, -0.2) is 27.9 Å². The predicted molar refractivity (Wildman–Crippen MR) is 72.7 cm³/mol. The van der Waals surface area contributed by atoms with Crippen LogP contribution in [0.25, 0.3) is 0 Å². The average molecular weight is 266 g/mol. The Balaban J connectivity index is 2.99. The van der Waals surface area contributed by atoms with Gasteiger partial charge in [0.1, 0.15) is 17.4 Å². The lowest BCUT2D eigenvalue weighted by atomic mass is 9.99. The molecule has 0 aliphatic heterocycles. The van der Waals surface area contributed by atoms with Gasteiger partial charge in [-0.3, -0.25) is 9.59 Å². The molecule has 1 aliphatic carbocycles. The van der Waals surface area contributed by atoms with Crippen molar-refractivity contribution in [1.29, 1.82) is 0 Å². The molecule has 1 rings (SSSR count). The van der Waals surface area contributed by atoms with Crippen LogP contribution in [0.2, 0.25) is 0 Å². The van der Waals surface area contributed by atoms with Crippen molar-refractivity contribution in [3.05, 3.63) is 23.0 Å². The number of aliphatic hydroxyl groups excluding tert-OH is 2. The maximum atomic E-state index is 11.9. The molecule has 2 atom stereocenters. The first-order valence-corrected chi connectivity index (χ1v) is 6.57. The van der Waals surface area contributed by atoms with Crippen LogP contribution in [0, 0.1) is 11.8 Å². The largest absolute Gasteiger partial charge is 0.511 e. The van der Waals surface area contributed by atoms with Crippen molar-refractivity contribution in [2.75, 3.05) is 0 Å². The van der Waals surface area contributed by atoms with E-state index in [4.69, 9.17) is 0 Å². The van der Waals surface area contributed by atoms with Gasteiger partial charge in [0.05, 0.1) is 5.92 Å². The molecule has 1 aliphatic rings. The highest BCUT2D eigenvalue weighted by Gasteiger charge is 2.43. The molecule has 0 saturated carbocycles. The van der Waals surface area contributed by atoms with E-state index in [2.05, 4.69) is 0 Å². The van der Waals surface area contributed by atoms with Crippen molar-refractivity contribution < 1.29 is 19.8 Å². The molecule has 0 radical (unpaired) electrons. The molecule has 0 aromatic rings. The number of hydrogen-bond donors (Lipinski definition) is 2. The summed E-state index contributed by atoms with van der Waals surface area (Å²) in [4.78, 5) is 23.8. The van der Waals surface area contributed by atoms with Gasteiger partial charge in [-0.25, -0.2) is 0 Å². The lowest BCUT2D eigenvalue weighted by Gasteiger charge is -2.11. The number of ketones is 2. The molecule has 19 heavy (non-hydrogen) atoms. The third-order valence-corrected chi connectivity index (χ3v) is 3.16. The standard InChI is InChI=1S/C15H22O4/c1-8(2)5-6-10-13(17)12(15(19)14(10)18)11(16)7-9(3)4/h5,9-10,14,17-18H,6-7H2,1-4H3/t10?,14-/m0/s1. The first kappa shape index (κ1) is 15.6. The van der Waals surface area contributed by atoms with Gasteiger partial charge in [-0.2, -0.15) is 0 Å². The number of aliphatic hydroxyl groups is 2. The fourth-order valence-electron chi connectivity index (χ4n) is 2.15. The molecule has 0 fully saturated rings. The third kappa shape index (κ3) is 3.53. The highest BCUT2D eigenvalue weighted by Crippen LogP contribution is 2.32. The predicted octanol–water partition coefficient (Wildman–Crippen LogP) is 2.33. The van der Waals surface area contributed by atoms with E-state index in [-0.39, 0.29) is 29.5 Å². The quantitative estimate of drug-likeness (QED) is 0.591. The van der Waals surface area contributed by atoms with Gasteiger partial charge in [0.2, 0.25) is 0 Å². The van der Waals surface area contributed by atoms with Crippen molar-refractivity contribution in [2.24, 2.45) is 11.8 Å². The molecule has 0 aromatic carbocycles. The van der Waals surface area contributed by atoms with E-state index in [1.165, 1.54) is 0 Å². The van der Waals surface area contributed by atoms with Gasteiger partial charge < -0.3 is 10.2 Å². The molecule has 0 spiro atoms. The van der Waals surface area contributed by atoms with E-state index < -0.39 is 17.8 Å². The highest BCUT2D eigenvalue weighted by atomic mass is 16.3. The van der Waals surface area contributed by atoms with Gasteiger partial charge in [-0.05, 0) is 26.2 Å². The second kappa shape index (κ2) is 6.15. The first-order valence-electron chi connectivity index (χ1n) is 6.57. The Kier molecular flexibility index (Phi) is 5.06. The van der Waals surface area contributed by atoms with E-state index in [0.29, 0.717) is 6.42 Å². The lowest BCUT2D eigenvalue weighted by molar-refractivity contribution is -0.126. The summed E-state index contributed by atoms with van der Waals surface area (Å²) in [7, 11) is 0. The summed E-state index contributed by atoms with van der Waals surface area (Å²) < 4.78 is 0. The second-order valence-electron chi connectivity index (χ2n) is 5.71. The van der Waals surface area contributed by atoms with E-state index in [1.54, 1.807) is 0 Å². The lowest BCUT2D eigenvalue weighted by Crippen LogP contribution is -2.25. The maximum absolute atomic E-state index is 11.9. The molecule has 1 unspecified atom stereocenters. The summed E-state index contributed by atoms with van der Waals surface area (Å²) in [5.74, 6) is -1.85. The van der Waals surface area contributed by atoms with E-state index in [9.17, 15) is 19.8 Å². The van der Waals surface area contributed by atoms with Crippen LogP contribution in [-0.2, 0) is 9.59 Å². The third-order valence-electron chi connectivity index (χ3n) is 3.16. The van der Waals surface area contributed by atoms with Crippen LogP contribution in [0.5, 0.6) is 0 Å². The van der Waals surface area contributed by atoms with Crippen molar-refractivity contribution in [1.82, 2.24) is 0 Å². The van der Waals surface area contributed by atoms with Gasteiger partial charge in [0.25, 0.3) is 0 Å². The van der Waals surface area contributed by atoms with Crippen LogP contribution < -0.4 is 0 Å². The smallest absolute Gasteiger partial charge is 0.199 e. The van der Waals surface area contributed by atoms with Crippen LogP contribution >= 0.6 is 0 Å². The fourth-order valence-corrected chi connectivity index (χ4v) is 2.15. The molecule has 0 amide bonds. The summed E-state index contributed by atoms with van der Waals surface area (Å²) >= 11 is 0. The molecule has 2 N–H and O–H groups in total. The van der Waals surface area contributed by atoms with Crippen molar-refractivity contribution in [3.63, 3.8) is 0 Å². The number of carbonyl (C=O) groups is 2. The van der Waals surface area contributed by atoms with Gasteiger partial charge >= 0.3 is 0 Å². The summed E-state index contributed by atoms with van der Waals surface area (Å²) in [5.41, 5.74) is 0.836. The van der Waals surface area contributed by atoms with Crippen LogP contribution in [0.15, 0.2) is 23.0 Å². The number of carbonyl (C=O) groups excluding carboxylic acids is 2. The first-order chi connectivity index (χ1) is 8.75. The Bertz CT molecular complexity index is 439. The zero-order valence-electron chi connectivity index (χ0n) is 11.9. The minimum atomic E-state index is -1.30. The van der Waals surface area contributed by atoms with E-state index in [0.717, 1.165) is 5.57 Å². The zero-order valence-corrected chi connectivity index (χ0v) is 11.9. The minimum absolute atomic E-state index is 0.106. The summed E-state index contributed by atoms with van der Waals surface area (Å²) in [6, 6.07) is 0. The van der Waals surface area contributed by atoms with E-state index in [1.807, 2.05) is 33.8 Å². The average Bonchev–Trinajstić information content (AvgIpc) is 2.47. The molecular weight excluding hydrogens is 244 g/mol. The van der Waals surface area contributed by atoms with Gasteiger partial charge in [0, 0.05) is 6.42 Å². The normalized spacial score (nSPS) is 23.2. The SMILES string of the molecule is CC(C)=CCC1C(O)=C(C(=O)CC(C)C)C(=O)[C@H]1O. The number of hydrogen-bond acceptors (Lipinski definition) is 4. The van der Waals surface area contributed by atoms with E-state index >= 15 is 0 Å². The Morgan fingerprint density at radius 2 is 1.95 bits per heavy atom. The zero-order chi connectivity index (χ0) is 14.7. The molecule has 0 aromatic heterocycles. The van der Waals surface area contributed by atoms with Crippen molar-refractivity contribution in [3.8, 4) is 0 Å². The highest BCUT2D eigenvalue weighted by molar-refractivity contribution is 6.23. The maximum Gasteiger partial charge on any atom is 0.199 e. The Morgan fingerprint density at radius 3 is 2.42 bits per heavy atom. The van der Waals surface area contributed by atoms with Crippen LogP contribution in [0.1, 0.15) is 40.5 Å². The monoisotopic (exact) mass is 266 g/mol. The Morgan fingerprint density at radius 1 is 1.37 bits per heavy atom. The van der Waals surface area contributed by atoms with Gasteiger partial charge in [0.15, 0.2) is 11.6 Å². The molecule has 106 valence electrons. The molecular formula is C15H22O4. The molecule has 0 saturated heterocycles. The summed E-state index contributed by atoms with van der Waals surface area (Å²) in [5, 5.41) is 19.9. The fraction of sp³-hybridized carbons (Fsp3) is 0.600. The molecule has 4 nitrogen and oxygen atoms in total. The number of Topliss-reactive ketones (excluding diaryl/α,β-unsaturated/α-hetero) is 2. The van der Waals surface area contributed by atoms with Crippen LogP contribution in [0.4, 0.5) is 0 Å². The van der Waals surface area contributed by atoms with Gasteiger partial charge in [-0.15, -0.1) is 0 Å². The molecule has 4 heteroatoms. The summed E-state index contributed by atoms with van der Waals surface area (Å²) in [6.45, 7) is 7.53. The summed E-state index contributed by atoms with van der Waals surface area (Å²) in [6.07, 6.45) is 1.10. The minimum Gasteiger partial charge on any atom is -0.511 e. The Labute approximate surface area is 113 Å². The molecule has 0 bridgehead atoms. The van der Waals surface area contributed by atoms with Crippen LogP contribution in [0.3, 0.4) is 0 Å². The number of allylic oxidation sites excluding steroid dienone is 2. The second-order valence-corrected chi connectivity index (χ2v) is 5.71. The van der Waals surface area contributed by atoms with Crippen molar-refractivity contribution >= 4 is 11.6 Å². The molecule has 0 heterocycles. The Hall–Kier alpha value is -1.42. The number of rotatable bonds is 5.